The van der Waals surface area contributed by atoms with E-state index >= 15 is 0 Å². The van der Waals surface area contributed by atoms with E-state index in [4.69, 9.17) is 25.8 Å². The molecule has 1 aliphatic rings. The van der Waals surface area contributed by atoms with Gasteiger partial charge in [-0.2, -0.15) is 0 Å². The molecule has 2 rings (SSSR count). The molecule has 5 nitrogen and oxygen atoms in total. The summed E-state index contributed by atoms with van der Waals surface area (Å²) < 4.78 is 15.9. The summed E-state index contributed by atoms with van der Waals surface area (Å²) >= 11 is 6.06. The molecule has 0 aromatic heterocycles. The average molecular weight is 349 g/mol. The molecule has 0 saturated carbocycles. The first-order valence-corrected chi connectivity index (χ1v) is 7.74. The molecule has 0 aliphatic carbocycles. The molecule has 1 aliphatic heterocycles. The van der Waals surface area contributed by atoms with Crippen molar-refractivity contribution in [3.8, 4) is 11.8 Å². The molecule has 6 heteroatoms. The van der Waals surface area contributed by atoms with Crippen LogP contribution in [0.3, 0.4) is 0 Å². The molecule has 1 aromatic rings. The van der Waals surface area contributed by atoms with Crippen molar-refractivity contribution in [2.45, 2.75) is 32.2 Å². The van der Waals surface area contributed by atoms with Crippen LogP contribution in [0.4, 0.5) is 0 Å². The topological polar surface area (TPSA) is 61.8 Å². The summed E-state index contributed by atoms with van der Waals surface area (Å²) in [6.45, 7) is 2.58. The summed E-state index contributed by atoms with van der Waals surface area (Å²) in [4.78, 5) is 22.2. The van der Waals surface area contributed by atoms with Gasteiger partial charge in [-0.3, -0.25) is 9.59 Å². The summed E-state index contributed by atoms with van der Waals surface area (Å²) in [6, 6.07) is 7.22. The monoisotopic (exact) mass is 348 g/mol. The Labute approximate surface area is 145 Å². The zero-order valence-electron chi connectivity index (χ0n) is 13.3. The summed E-state index contributed by atoms with van der Waals surface area (Å²) in [5.41, 5.74) is 0.690. The lowest BCUT2D eigenvalue weighted by molar-refractivity contribution is -0.161. The third-order valence-corrected chi connectivity index (χ3v) is 3.47. The molecule has 0 bridgehead atoms. The van der Waals surface area contributed by atoms with E-state index in [9.17, 15) is 9.59 Å². The Hall–Kier alpha value is -2.29. The minimum absolute atomic E-state index is 0.0259. The van der Waals surface area contributed by atoms with Crippen LogP contribution in [0.1, 0.15) is 19.4 Å². The van der Waals surface area contributed by atoms with Gasteiger partial charge in [-0.15, -0.1) is 0 Å². The van der Waals surface area contributed by atoms with E-state index in [1.54, 1.807) is 24.3 Å². The second-order valence-electron chi connectivity index (χ2n) is 5.11. The number of carbonyl (C=O) groups is 2. The molecule has 1 aromatic carbocycles. The summed E-state index contributed by atoms with van der Waals surface area (Å²) in [5, 5.41) is 0.555. The van der Waals surface area contributed by atoms with Gasteiger partial charge < -0.3 is 14.2 Å². The van der Waals surface area contributed by atoms with Gasteiger partial charge in [0, 0.05) is 19.4 Å². The van der Waals surface area contributed by atoms with Crippen LogP contribution < -0.4 is 0 Å². The SMILES string of the molecule is CC(=O)OC[C@H]1O[C@H](C#Cc2ccccc2Cl)C=C[C@H]1OC(C)=O. The van der Waals surface area contributed by atoms with Gasteiger partial charge >= 0.3 is 11.9 Å². The second-order valence-corrected chi connectivity index (χ2v) is 5.51. The number of esters is 2. The Morgan fingerprint density at radius 2 is 1.96 bits per heavy atom. The third kappa shape index (κ3) is 5.41. The molecule has 3 atom stereocenters. The fourth-order valence-electron chi connectivity index (χ4n) is 2.08. The van der Waals surface area contributed by atoms with Gasteiger partial charge in [0.1, 0.15) is 24.9 Å². The van der Waals surface area contributed by atoms with Crippen molar-refractivity contribution in [2.24, 2.45) is 0 Å². The molecule has 0 spiro atoms. The molecule has 0 N–H and O–H groups in total. The van der Waals surface area contributed by atoms with E-state index in [2.05, 4.69) is 11.8 Å². The van der Waals surface area contributed by atoms with Crippen molar-refractivity contribution < 1.29 is 23.8 Å². The van der Waals surface area contributed by atoms with E-state index in [0.29, 0.717) is 10.6 Å². The van der Waals surface area contributed by atoms with Crippen LogP contribution in [0.5, 0.6) is 0 Å². The minimum Gasteiger partial charge on any atom is -0.463 e. The standard InChI is InChI=1S/C18H17ClO5/c1-12(20)22-11-18-17(23-13(2)21)10-9-15(24-18)8-7-14-5-3-4-6-16(14)19/h3-6,9-10,15,17-18H,11H2,1-2H3/t15-,17-,18-/m1/s1. The Kier molecular flexibility index (Phi) is 6.42. The van der Waals surface area contributed by atoms with Gasteiger partial charge in [0.05, 0.1) is 5.02 Å². The number of benzene rings is 1. The fraction of sp³-hybridized carbons (Fsp3) is 0.333. The Bertz CT molecular complexity index is 701. The Balaban J connectivity index is 2.11. The highest BCUT2D eigenvalue weighted by molar-refractivity contribution is 6.31. The van der Waals surface area contributed by atoms with Crippen LogP contribution in [-0.4, -0.2) is 36.9 Å². The zero-order valence-corrected chi connectivity index (χ0v) is 14.1. The van der Waals surface area contributed by atoms with E-state index in [1.807, 2.05) is 12.1 Å². The number of carbonyl (C=O) groups excluding carboxylic acids is 2. The Morgan fingerprint density at radius 1 is 1.21 bits per heavy atom. The predicted molar refractivity (Wildman–Crippen MR) is 88.3 cm³/mol. The van der Waals surface area contributed by atoms with E-state index < -0.39 is 30.3 Å². The van der Waals surface area contributed by atoms with Crippen LogP contribution in [0.15, 0.2) is 36.4 Å². The van der Waals surface area contributed by atoms with Crippen LogP contribution in [-0.2, 0) is 23.8 Å². The first kappa shape index (κ1) is 18.1. The van der Waals surface area contributed by atoms with Gasteiger partial charge in [-0.25, -0.2) is 0 Å². The van der Waals surface area contributed by atoms with Crippen LogP contribution in [0.25, 0.3) is 0 Å². The lowest BCUT2D eigenvalue weighted by atomic mass is 10.1. The highest BCUT2D eigenvalue weighted by Gasteiger charge is 2.30. The van der Waals surface area contributed by atoms with E-state index in [0.717, 1.165) is 0 Å². The molecule has 0 amide bonds. The van der Waals surface area contributed by atoms with Gasteiger partial charge in [-0.05, 0) is 24.3 Å². The third-order valence-electron chi connectivity index (χ3n) is 3.14. The Morgan fingerprint density at radius 3 is 2.62 bits per heavy atom. The molecule has 0 saturated heterocycles. The van der Waals surface area contributed by atoms with E-state index in [1.165, 1.54) is 13.8 Å². The lowest BCUT2D eigenvalue weighted by Gasteiger charge is -2.29. The first-order valence-electron chi connectivity index (χ1n) is 7.36. The van der Waals surface area contributed by atoms with Crippen LogP contribution in [0.2, 0.25) is 5.02 Å². The average Bonchev–Trinajstić information content (AvgIpc) is 2.53. The van der Waals surface area contributed by atoms with Crippen molar-refractivity contribution in [3.63, 3.8) is 0 Å². The van der Waals surface area contributed by atoms with Crippen molar-refractivity contribution in [1.82, 2.24) is 0 Å². The quantitative estimate of drug-likeness (QED) is 0.477. The van der Waals surface area contributed by atoms with Gasteiger partial charge in [-0.1, -0.05) is 35.6 Å². The van der Waals surface area contributed by atoms with Gasteiger partial charge in [0.25, 0.3) is 0 Å². The molecule has 126 valence electrons. The number of hydrogen-bond donors (Lipinski definition) is 0. The highest BCUT2D eigenvalue weighted by atomic mass is 35.5. The molecular weight excluding hydrogens is 332 g/mol. The van der Waals surface area contributed by atoms with E-state index in [-0.39, 0.29) is 6.61 Å². The maximum Gasteiger partial charge on any atom is 0.303 e. The van der Waals surface area contributed by atoms with Crippen LogP contribution in [0, 0.1) is 11.8 Å². The molecular formula is C18H17ClO5. The summed E-state index contributed by atoms with van der Waals surface area (Å²) in [5.74, 6) is 5.02. The molecule has 1 heterocycles. The molecule has 0 unspecified atom stereocenters. The zero-order chi connectivity index (χ0) is 17.5. The largest absolute Gasteiger partial charge is 0.463 e. The number of rotatable bonds is 3. The van der Waals surface area contributed by atoms with Crippen LogP contribution >= 0.6 is 11.6 Å². The summed E-state index contributed by atoms with van der Waals surface area (Å²) in [7, 11) is 0. The first-order chi connectivity index (χ1) is 11.5. The van der Waals surface area contributed by atoms with Crippen molar-refractivity contribution in [1.29, 1.82) is 0 Å². The maximum atomic E-state index is 11.2. The van der Waals surface area contributed by atoms with Crippen molar-refractivity contribution in [3.05, 3.63) is 47.0 Å². The molecule has 24 heavy (non-hydrogen) atoms. The maximum absolute atomic E-state index is 11.2. The number of hydrogen-bond acceptors (Lipinski definition) is 5. The fourth-order valence-corrected chi connectivity index (χ4v) is 2.26. The number of ether oxygens (including phenoxy) is 3. The van der Waals surface area contributed by atoms with Gasteiger partial charge in [0.2, 0.25) is 0 Å². The molecule has 0 radical (unpaired) electrons. The number of halogens is 1. The second kappa shape index (κ2) is 8.53. The highest BCUT2D eigenvalue weighted by Crippen LogP contribution is 2.18. The lowest BCUT2D eigenvalue weighted by Crippen LogP contribution is -2.41. The minimum atomic E-state index is -0.625. The van der Waals surface area contributed by atoms with Crippen molar-refractivity contribution in [2.75, 3.05) is 6.61 Å². The summed E-state index contributed by atoms with van der Waals surface area (Å²) in [6.07, 6.45) is 1.62. The van der Waals surface area contributed by atoms with Gasteiger partial charge in [0.15, 0.2) is 0 Å². The predicted octanol–water partition coefficient (Wildman–Crippen LogP) is 2.51. The smallest absolute Gasteiger partial charge is 0.303 e. The normalized spacial score (nSPS) is 22.2. The van der Waals surface area contributed by atoms with Crippen molar-refractivity contribution >= 4 is 23.5 Å². The molecule has 0 fully saturated rings.